The lowest BCUT2D eigenvalue weighted by Gasteiger charge is -2.23. The zero-order valence-corrected chi connectivity index (χ0v) is 9.48. The van der Waals surface area contributed by atoms with Crippen molar-refractivity contribution >= 4 is 5.78 Å². The van der Waals surface area contributed by atoms with Crippen molar-refractivity contribution in [2.24, 2.45) is 0 Å². The molecule has 1 aliphatic heterocycles. The first-order valence-electron chi connectivity index (χ1n) is 5.05. The zero-order chi connectivity index (χ0) is 11.9. The highest BCUT2D eigenvalue weighted by Crippen LogP contribution is 2.35. The van der Waals surface area contributed by atoms with Gasteiger partial charge in [-0.1, -0.05) is 0 Å². The number of fused-ring (bicyclic) bond motifs is 1. The maximum Gasteiger partial charge on any atom is 0.210 e. The van der Waals surface area contributed by atoms with Crippen LogP contribution in [0, 0.1) is 0 Å². The van der Waals surface area contributed by atoms with E-state index in [1.807, 2.05) is 0 Å². The smallest absolute Gasteiger partial charge is 0.210 e. The summed E-state index contributed by atoms with van der Waals surface area (Å²) < 4.78 is 10.5. The van der Waals surface area contributed by atoms with Crippen molar-refractivity contribution < 1.29 is 19.4 Å². The average Bonchev–Trinajstić information content (AvgIpc) is 2.55. The minimum atomic E-state index is -1.19. The van der Waals surface area contributed by atoms with E-state index in [1.54, 1.807) is 32.0 Å². The van der Waals surface area contributed by atoms with Crippen LogP contribution in [0.5, 0.6) is 11.5 Å². The van der Waals surface area contributed by atoms with Crippen LogP contribution in [0.4, 0.5) is 0 Å². The van der Waals surface area contributed by atoms with Crippen LogP contribution in [-0.4, -0.2) is 29.7 Å². The molecule has 2 rings (SSSR count). The third-order valence-corrected chi connectivity index (χ3v) is 2.58. The monoisotopic (exact) mass is 222 g/mol. The van der Waals surface area contributed by atoms with Gasteiger partial charge in [-0.25, -0.2) is 0 Å². The summed E-state index contributed by atoms with van der Waals surface area (Å²) >= 11 is 0. The van der Waals surface area contributed by atoms with Crippen molar-refractivity contribution in [3.05, 3.63) is 23.8 Å². The summed E-state index contributed by atoms with van der Waals surface area (Å²) in [6.45, 7) is 3.11. The fourth-order valence-corrected chi connectivity index (χ4v) is 1.72. The Labute approximate surface area is 93.8 Å². The second-order valence-electron chi connectivity index (χ2n) is 4.38. The van der Waals surface area contributed by atoms with E-state index in [0.717, 1.165) is 0 Å². The molecule has 1 heterocycles. The van der Waals surface area contributed by atoms with Crippen molar-refractivity contribution in [3.63, 3.8) is 0 Å². The van der Waals surface area contributed by atoms with Crippen LogP contribution < -0.4 is 9.47 Å². The molecule has 1 N–H and O–H groups in total. The minimum Gasteiger partial charge on any atom is -0.497 e. The molecule has 0 radical (unpaired) electrons. The molecule has 1 aromatic carbocycles. The number of hydrogen-bond acceptors (Lipinski definition) is 4. The van der Waals surface area contributed by atoms with Gasteiger partial charge >= 0.3 is 0 Å². The Morgan fingerprint density at radius 2 is 2.12 bits per heavy atom. The molecule has 1 aliphatic rings. The van der Waals surface area contributed by atoms with E-state index < -0.39 is 11.7 Å². The molecule has 0 aliphatic carbocycles. The van der Waals surface area contributed by atoms with Gasteiger partial charge in [0.1, 0.15) is 17.1 Å². The number of methoxy groups -OCH3 is 1. The highest BCUT2D eigenvalue weighted by molar-refractivity contribution is 6.05. The Bertz CT molecular complexity index is 431. The number of Topliss-reactive ketones (excluding diaryl/α,β-unsaturated/α-hetero) is 1. The molecule has 1 atom stereocenters. The maximum atomic E-state index is 12.0. The van der Waals surface area contributed by atoms with Crippen molar-refractivity contribution in [1.29, 1.82) is 0 Å². The lowest BCUT2D eigenvalue weighted by atomic mass is 9.96. The first-order valence-corrected chi connectivity index (χ1v) is 5.05. The van der Waals surface area contributed by atoms with Gasteiger partial charge < -0.3 is 14.6 Å². The Balaban J connectivity index is 2.39. The van der Waals surface area contributed by atoms with Crippen molar-refractivity contribution in [3.8, 4) is 11.5 Å². The number of benzene rings is 1. The van der Waals surface area contributed by atoms with Crippen LogP contribution in [0.1, 0.15) is 24.2 Å². The van der Waals surface area contributed by atoms with E-state index >= 15 is 0 Å². The topological polar surface area (TPSA) is 55.8 Å². The lowest BCUT2D eigenvalue weighted by Crippen LogP contribution is -2.43. The van der Waals surface area contributed by atoms with Gasteiger partial charge in [0, 0.05) is 0 Å². The van der Waals surface area contributed by atoms with Crippen LogP contribution in [0.2, 0.25) is 0 Å². The van der Waals surface area contributed by atoms with Crippen LogP contribution in [0.3, 0.4) is 0 Å². The molecule has 0 fully saturated rings. The third kappa shape index (κ3) is 1.65. The van der Waals surface area contributed by atoms with Crippen LogP contribution in [0.25, 0.3) is 0 Å². The molecule has 4 nitrogen and oxygen atoms in total. The summed E-state index contributed by atoms with van der Waals surface area (Å²) in [7, 11) is 1.54. The zero-order valence-electron chi connectivity index (χ0n) is 9.48. The summed E-state index contributed by atoms with van der Waals surface area (Å²) in [6, 6.07) is 5.03. The van der Waals surface area contributed by atoms with E-state index in [9.17, 15) is 9.90 Å². The van der Waals surface area contributed by atoms with Gasteiger partial charge in [-0.2, -0.15) is 0 Å². The lowest BCUT2D eigenvalue weighted by molar-refractivity contribution is -0.0139. The second-order valence-corrected chi connectivity index (χ2v) is 4.38. The van der Waals surface area contributed by atoms with E-state index in [2.05, 4.69) is 0 Å². The highest BCUT2D eigenvalue weighted by atomic mass is 16.5. The first-order chi connectivity index (χ1) is 7.43. The summed E-state index contributed by atoms with van der Waals surface area (Å²) in [5.74, 6) is 0.895. The standard InChI is InChI=1S/C12H14O4/c1-12(2,14)11-10(13)8-6-7(15-3)4-5-9(8)16-11/h4-6,11,14H,1-3H3. The molecule has 0 amide bonds. The van der Waals surface area contributed by atoms with Gasteiger partial charge in [0.25, 0.3) is 0 Å². The maximum absolute atomic E-state index is 12.0. The quantitative estimate of drug-likeness (QED) is 0.822. The predicted octanol–water partition coefficient (Wildman–Crippen LogP) is 1.41. The number of carbonyl (C=O) groups excluding carboxylic acids is 1. The fraction of sp³-hybridized carbons (Fsp3) is 0.417. The number of rotatable bonds is 2. The molecule has 0 saturated heterocycles. The van der Waals surface area contributed by atoms with Crippen LogP contribution in [0.15, 0.2) is 18.2 Å². The summed E-state index contributed by atoms with van der Waals surface area (Å²) in [6.07, 6.45) is -0.838. The van der Waals surface area contributed by atoms with E-state index in [4.69, 9.17) is 9.47 Å². The molecule has 0 aromatic heterocycles. The van der Waals surface area contributed by atoms with Gasteiger partial charge in [-0.15, -0.1) is 0 Å². The molecule has 0 bridgehead atoms. The van der Waals surface area contributed by atoms with E-state index in [0.29, 0.717) is 17.1 Å². The molecule has 0 saturated carbocycles. The first kappa shape index (κ1) is 11.0. The number of carbonyl (C=O) groups is 1. The van der Waals surface area contributed by atoms with Gasteiger partial charge in [0.2, 0.25) is 5.78 Å². The van der Waals surface area contributed by atoms with Crippen molar-refractivity contribution in [2.45, 2.75) is 25.6 Å². The average molecular weight is 222 g/mol. The minimum absolute atomic E-state index is 0.207. The third-order valence-electron chi connectivity index (χ3n) is 2.58. The number of ether oxygens (including phenoxy) is 2. The Hall–Kier alpha value is -1.55. The number of aliphatic hydroxyl groups is 1. The fourth-order valence-electron chi connectivity index (χ4n) is 1.72. The Morgan fingerprint density at radius 3 is 2.69 bits per heavy atom. The largest absolute Gasteiger partial charge is 0.497 e. The summed E-state index contributed by atoms with van der Waals surface area (Å²) in [5.41, 5.74) is -0.727. The highest BCUT2D eigenvalue weighted by Gasteiger charge is 2.42. The van der Waals surface area contributed by atoms with Crippen LogP contribution in [-0.2, 0) is 0 Å². The molecular formula is C12H14O4. The molecule has 1 aromatic rings. The van der Waals surface area contributed by atoms with Gasteiger partial charge in [0.05, 0.1) is 12.7 Å². The predicted molar refractivity (Wildman–Crippen MR) is 58.0 cm³/mol. The molecular weight excluding hydrogens is 208 g/mol. The van der Waals surface area contributed by atoms with Gasteiger partial charge in [0.15, 0.2) is 6.10 Å². The molecule has 16 heavy (non-hydrogen) atoms. The number of ketones is 1. The molecule has 0 spiro atoms. The summed E-state index contributed by atoms with van der Waals surface area (Å²) in [4.78, 5) is 12.0. The SMILES string of the molecule is COc1ccc2c(c1)C(=O)C(C(C)(C)O)O2. The normalized spacial score (nSPS) is 19.2. The Kier molecular flexibility index (Phi) is 2.39. The van der Waals surface area contributed by atoms with Gasteiger partial charge in [-0.05, 0) is 32.0 Å². The van der Waals surface area contributed by atoms with Crippen LogP contribution >= 0.6 is 0 Å². The van der Waals surface area contributed by atoms with Crippen molar-refractivity contribution in [1.82, 2.24) is 0 Å². The Morgan fingerprint density at radius 1 is 1.44 bits per heavy atom. The van der Waals surface area contributed by atoms with Gasteiger partial charge in [-0.3, -0.25) is 4.79 Å². The van der Waals surface area contributed by atoms with Crippen molar-refractivity contribution in [2.75, 3.05) is 7.11 Å². The van der Waals surface area contributed by atoms with E-state index in [1.165, 1.54) is 7.11 Å². The molecule has 4 heteroatoms. The second kappa shape index (κ2) is 3.49. The number of hydrogen-bond donors (Lipinski definition) is 1. The molecule has 1 unspecified atom stereocenters. The molecule has 86 valence electrons. The summed E-state index contributed by atoms with van der Waals surface area (Å²) in [5, 5.41) is 9.81. The van der Waals surface area contributed by atoms with E-state index in [-0.39, 0.29) is 5.78 Å².